The molecule has 2 aliphatic rings. The van der Waals surface area contributed by atoms with Crippen LogP contribution >= 0.6 is 0 Å². The summed E-state index contributed by atoms with van der Waals surface area (Å²) >= 11 is 0. The first-order chi connectivity index (χ1) is 12.9. The fraction of sp³-hybridized carbons (Fsp3) is 0.550. The van der Waals surface area contributed by atoms with E-state index >= 15 is 0 Å². The van der Waals surface area contributed by atoms with Gasteiger partial charge in [0.15, 0.2) is 9.84 Å². The number of sulfone groups is 1. The molecule has 148 valence electrons. The summed E-state index contributed by atoms with van der Waals surface area (Å²) in [5.41, 5.74) is 0.571. The first-order valence-corrected chi connectivity index (χ1v) is 11.1. The second kappa shape index (κ2) is 8.33. The number of ether oxygens (including phenoxy) is 2. The predicted octanol–water partition coefficient (Wildman–Crippen LogP) is 3.32. The third-order valence-corrected chi connectivity index (χ3v) is 6.78. The molecule has 1 atom stereocenters. The molecule has 1 saturated carbocycles. The molecule has 0 saturated heterocycles. The third kappa shape index (κ3) is 4.64. The van der Waals surface area contributed by atoms with Crippen molar-refractivity contribution in [3.8, 4) is 11.5 Å². The first kappa shape index (κ1) is 19.7. The van der Waals surface area contributed by atoms with Gasteiger partial charge in [-0.15, -0.1) is 0 Å². The van der Waals surface area contributed by atoms with Crippen LogP contribution in [0.5, 0.6) is 11.5 Å². The standard InChI is InChI=1S/C20H27NO5S/c1-25-17-8-9-18(19(13-17)26-2)21(16-11-12-27(23,24)14-16)20(22)10-7-15-5-3-4-6-15/h8-9,11-13,15-16H,3-7,10,14H2,1-2H3/t16-/m0/s1. The highest BCUT2D eigenvalue weighted by Gasteiger charge is 2.33. The van der Waals surface area contributed by atoms with E-state index in [9.17, 15) is 13.2 Å². The zero-order valence-corrected chi connectivity index (χ0v) is 16.7. The molecule has 6 nitrogen and oxygen atoms in total. The summed E-state index contributed by atoms with van der Waals surface area (Å²) in [4.78, 5) is 14.7. The van der Waals surface area contributed by atoms with Gasteiger partial charge in [-0.25, -0.2) is 8.42 Å². The molecule has 0 spiro atoms. The Balaban J connectivity index is 1.88. The van der Waals surface area contributed by atoms with E-state index in [4.69, 9.17) is 9.47 Å². The minimum Gasteiger partial charge on any atom is -0.497 e. The number of carbonyl (C=O) groups excluding carboxylic acids is 1. The van der Waals surface area contributed by atoms with Crippen LogP contribution in [0.25, 0.3) is 0 Å². The Hall–Kier alpha value is -2.02. The van der Waals surface area contributed by atoms with E-state index in [1.54, 1.807) is 36.3 Å². The van der Waals surface area contributed by atoms with Crippen LogP contribution in [-0.2, 0) is 14.6 Å². The Morgan fingerprint density at radius 2 is 1.93 bits per heavy atom. The van der Waals surface area contributed by atoms with Crippen molar-refractivity contribution in [2.75, 3.05) is 24.9 Å². The Labute approximate surface area is 161 Å². The number of methoxy groups -OCH3 is 2. The maximum Gasteiger partial charge on any atom is 0.227 e. The van der Waals surface area contributed by atoms with Crippen molar-refractivity contribution < 1.29 is 22.7 Å². The Morgan fingerprint density at radius 1 is 1.19 bits per heavy atom. The van der Waals surface area contributed by atoms with Crippen LogP contribution in [0.4, 0.5) is 5.69 Å². The van der Waals surface area contributed by atoms with Crippen molar-refractivity contribution in [1.29, 1.82) is 0 Å². The molecule has 27 heavy (non-hydrogen) atoms. The predicted molar refractivity (Wildman–Crippen MR) is 105 cm³/mol. The van der Waals surface area contributed by atoms with Gasteiger partial charge >= 0.3 is 0 Å². The van der Waals surface area contributed by atoms with Crippen molar-refractivity contribution in [3.63, 3.8) is 0 Å². The average molecular weight is 394 g/mol. The van der Waals surface area contributed by atoms with Crippen LogP contribution in [0.2, 0.25) is 0 Å². The number of rotatable bonds is 7. The number of hydrogen-bond donors (Lipinski definition) is 0. The van der Waals surface area contributed by atoms with Crippen molar-refractivity contribution >= 4 is 21.4 Å². The normalized spacial score (nSPS) is 21.3. The lowest BCUT2D eigenvalue weighted by atomic mass is 10.0. The molecular formula is C20H27NO5S. The van der Waals surface area contributed by atoms with Gasteiger partial charge < -0.3 is 14.4 Å². The minimum absolute atomic E-state index is 0.0721. The number of hydrogen-bond acceptors (Lipinski definition) is 5. The van der Waals surface area contributed by atoms with Gasteiger partial charge in [0, 0.05) is 17.9 Å². The molecular weight excluding hydrogens is 366 g/mol. The van der Waals surface area contributed by atoms with Gasteiger partial charge in [-0.05, 0) is 30.5 Å². The molecule has 7 heteroatoms. The van der Waals surface area contributed by atoms with Crippen LogP contribution in [-0.4, -0.2) is 40.3 Å². The summed E-state index contributed by atoms with van der Waals surface area (Å²) in [5, 5.41) is 1.20. The number of benzene rings is 1. The Bertz CT molecular complexity index is 812. The summed E-state index contributed by atoms with van der Waals surface area (Å²) in [6.45, 7) is 0. The average Bonchev–Trinajstić information content (AvgIpc) is 3.29. The lowest BCUT2D eigenvalue weighted by molar-refractivity contribution is -0.119. The van der Waals surface area contributed by atoms with Gasteiger partial charge in [-0.2, -0.15) is 0 Å². The molecule has 0 aromatic heterocycles. The zero-order chi connectivity index (χ0) is 19.4. The molecule has 0 radical (unpaired) electrons. The molecule has 1 fully saturated rings. The molecule has 1 aliphatic carbocycles. The van der Waals surface area contributed by atoms with E-state index in [0.717, 1.165) is 6.42 Å². The van der Waals surface area contributed by atoms with E-state index in [0.29, 0.717) is 29.5 Å². The SMILES string of the molecule is COc1ccc(N(C(=O)CCC2CCCC2)[C@H]2C=CS(=O)(=O)C2)c(OC)c1. The van der Waals surface area contributed by atoms with Crippen molar-refractivity contribution in [2.24, 2.45) is 5.92 Å². The van der Waals surface area contributed by atoms with Gasteiger partial charge in [-0.3, -0.25) is 4.79 Å². The summed E-state index contributed by atoms with van der Waals surface area (Å²) in [6, 6.07) is 4.69. The Morgan fingerprint density at radius 3 is 2.52 bits per heavy atom. The topological polar surface area (TPSA) is 72.9 Å². The summed E-state index contributed by atoms with van der Waals surface area (Å²) in [6.07, 6.45) is 7.67. The number of nitrogens with zero attached hydrogens (tertiary/aromatic N) is 1. The largest absolute Gasteiger partial charge is 0.497 e. The zero-order valence-electron chi connectivity index (χ0n) is 15.9. The Kier molecular flexibility index (Phi) is 6.09. The lowest BCUT2D eigenvalue weighted by Gasteiger charge is -2.29. The highest BCUT2D eigenvalue weighted by atomic mass is 32.2. The molecule has 0 unspecified atom stereocenters. The third-order valence-electron chi connectivity index (χ3n) is 5.40. The van der Waals surface area contributed by atoms with E-state index in [2.05, 4.69) is 0 Å². The molecule has 3 rings (SSSR count). The van der Waals surface area contributed by atoms with E-state index in [-0.39, 0.29) is 11.7 Å². The maximum atomic E-state index is 13.1. The van der Waals surface area contributed by atoms with Gasteiger partial charge in [0.2, 0.25) is 5.91 Å². The van der Waals surface area contributed by atoms with Crippen LogP contribution in [0.3, 0.4) is 0 Å². The van der Waals surface area contributed by atoms with Crippen LogP contribution in [0.15, 0.2) is 29.7 Å². The van der Waals surface area contributed by atoms with E-state index < -0.39 is 15.9 Å². The fourth-order valence-corrected chi connectivity index (χ4v) is 5.22. The van der Waals surface area contributed by atoms with Crippen LogP contribution in [0, 0.1) is 5.92 Å². The maximum absolute atomic E-state index is 13.1. The molecule has 1 amide bonds. The molecule has 0 bridgehead atoms. The van der Waals surface area contributed by atoms with Crippen molar-refractivity contribution in [1.82, 2.24) is 0 Å². The highest BCUT2D eigenvalue weighted by molar-refractivity contribution is 7.94. The van der Waals surface area contributed by atoms with Gasteiger partial charge in [0.05, 0.1) is 31.7 Å². The van der Waals surface area contributed by atoms with Crippen LogP contribution in [0.1, 0.15) is 38.5 Å². The van der Waals surface area contributed by atoms with E-state index in [1.165, 1.54) is 38.2 Å². The second-order valence-electron chi connectivity index (χ2n) is 7.22. The van der Waals surface area contributed by atoms with Gasteiger partial charge in [0.1, 0.15) is 11.5 Å². The second-order valence-corrected chi connectivity index (χ2v) is 9.15. The van der Waals surface area contributed by atoms with Crippen molar-refractivity contribution in [3.05, 3.63) is 29.7 Å². The number of amides is 1. The number of anilines is 1. The minimum atomic E-state index is -3.28. The molecule has 1 aliphatic heterocycles. The van der Waals surface area contributed by atoms with Crippen molar-refractivity contribution in [2.45, 2.75) is 44.6 Å². The molecule has 1 aromatic rings. The summed E-state index contributed by atoms with van der Waals surface area (Å²) < 4.78 is 34.6. The lowest BCUT2D eigenvalue weighted by Crippen LogP contribution is -2.41. The smallest absolute Gasteiger partial charge is 0.227 e. The number of carbonyl (C=O) groups is 1. The van der Waals surface area contributed by atoms with Gasteiger partial charge in [0.25, 0.3) is 0 Å². The fourth-order valence-electron chi connectivity index (χ4n) is 3.95. The molecule has 0 N–H and O–H groups in total. The van der Waals surface area contributed by atoms with Gasteiger partial charge in [-0.1, -0.05) is 25.7 Å². The molecule has 1 aromatic carbocycles. The quantitative estimate of drug-likeness (QED) is 0.711. The van der Waals surface area contributed by atoms with E-state index in [1.807, 2.05) is 0 Å². The summed E-state index contributed by atoms with van der Waals surface area (Å²) in [5.74, 6) is 1.52. The monoisotopic (exact) mass is 393 g/mol. The molecule has 1 heterocycles. The highest BCUT2D eigenvalue weighted by Crippen LogP contribution is 2.36. The summed E-state index contributed by atoms with van der Waals surface area (Å²) in [7, 11) is -0.196. The van der Waals surface area contributed by atoms with Crippen LogP contribution < -0.4 is 14.4 Å². The first-order valence-electron chi connectivity index (χ1n) is 9.38.